The maximum atomic E-state index is 12.7. The van der Waals surface area contributed by atoms with Crippen LogP contribution in [-0.2, 0) is 0 Å². The Morgan fingerprint density at radius 2 is 2.03 bits per heavy atom. The summed E-state index contributed by atoms with van der Waals surface area (Å²) in [4.78, 5) is 35.3. The van der Waals surface area contributed by atoms with E-state index in [4.69, 9.17) is 25.5 Å². The fourth-order valence-electron chi connectivity index (χ4n) is 2.51. The molecule has 0 saturated heterocycles. The van der Waals surface area contributed by atoms with Gasteiger partial charge in [0.05, 0.1) is 24.5 Å². The summed E-state index contributed by atoms with van der Waals surface area (Å²) in [6.45, 7) is 0. The van der Waals surface area contributed by atoms with Gasteiger partial charge in [0, 0.05) is 16.7 Å². The Bertz CT molecular complexity index is 1160. The van der Waals surface area contributed by atoms with E-state index in [1.165, 1.54) is 55.8 Å². The second kappa shape index (κ2) is 9.55. The van der Waals surface area contributed by atoms with Crippen molar-refractivity contribution in [1.29, 1.82) is 0 Å². The highest BCUT2D eigenvalue weighted by atomic mass is 35.5. The van der Waals surface area contributed by atoms with Gasteiger partial charge in [-0.05, 0) is 36.4 Å². The molecule has 0 spiro atoms. The Morgan fingerprint density at radius 3 is 2.71 bits per heavy atom. The Kier molecular flexibility index (Phi) is 6.63. The molecule has 3 aromatic rings. The summed E-state index contributed by atoms with van der Waals surface area (Å²) in [5.41, 5.74) is 1.78. The molecule has 0 radical (unpaired) electrons. The number of nitro benzene ring substituents is 1. The first-order chi connectivity index (χ1) is 14.9. The van der Waals surface area contributed by atoms with E-state index in [9.17, 15) is 19.7 Å². The Morgan fingerprint density at radius 1 is 1.23 bits per heavy atom. The fraction of sp³-hybridized carbons (Fsp3) is 0.0500. The molecule has 1 heterocycles. The summed E-state index contributed by atoms with van der Waals surface area (Å²) in [5, 5.41) is 15.4. The van der Waals surface area contributed by atoms with Crippen LogP contribution < -0.4 is 14.9 Å². The standard InChI is InChI=1S/C20H14ClN3O7/c1-29-16-8-7-13(21)10-14(16)20(26)31-18-12(4-2-5-15(18)24(27)28)11-22-23-19(25)17-6-3-9-30-17/h2-11H,1H3,(H,23,25)/b22-11+. The van der Waals surface area contributed by atoms with Gasteiger partial charge in [0.25, 0.3) is 0 Å². The predicted octanol–water partition coefficient (Wildman–Crippen LogP) is 3.83. The number of hydrogen-bond donors (Lipinski definition) is 1. The largest absolute Gasteiger partial charge is 0.496 e. The van der Waals surface area contributed by atoms with Crippen molar-refractivity contribution in [1.82, 2.24) is 5.43 Å². The van der Waals surface area contributed by atoms with Gasteiger partial charge in [0.15, 0.2) is 5.76 Å². The molecule has 0 atom stereocenters. The zero-order valence-electron chi connectivity index (χ0n) is 15.9. The number of hydrogen-bond acceptors (Lipinski definition) is 8. The number of ether oxygens (including phenoxy) is 2. The smallest absolute Gasteiger partial charge is 0.347 e. The number of nitro groups is 1. The van der Waals surface area contributed by atoms with Gasteiger partial charge in [-0.1, -0.05) is 17.7 Å². The lowest BCUT2D eigenvalue weighted by Gasteiger charge is -2.11. The minimum Gasteiger partial charge on any atom is -0.496 e. The van der Waals surface area contributed by atoms with Crippen molar-refractivity contribution in [3.63, 3.8) is 0 Å². The number of amides is 1. The van der Waals surface area contributed by atoms with Crippen molar-refractivity contribution in [2.45, 2.75) is 0 Å². The number of carbonyl (C=O) groups excluding carboxylic acids is 2. The molecule has 31 heavy (non-hydrogen) atoms. The number of benzene rings is 2. The minimum atomic E-state index is -0.928. The Labute approximate surface area is 180 Å². The average molecular weight is 444 g/mol. The lowest BCUT2D eigenvalue weighted by molar-refractivity contribution is -0.385. The van der Waals surface area contributed by atoms with Gasteiger partial charge in [-0.15, -0.1) is 0 Å². The quantitative estimate of drug-likeness (QED) is 0.193. The lowest BCUT2D eigenvalue weighted by Crippen LogP contribution is -2.17. The van der Waals surface area contributed by atoms with Crippen LogP contribution >= 0.6 is 11.6 Å². The van der Waals surface area contributed by atoms with E-state index in [-0.39, 0.29) is 33.4 Å². The third-order valence-electron chi connectivity index (χ3n) is 3.91. The van der Waals surface area contributed by atoms with E-state index in [0.29, 0.717) is 0 Å². The first kappa shape index (κ1) is 21.5. The number of hydrazone groups is 1. The van der Waals surface area contributed by atoms with Crippen molar-refractivity contribution in [2.24, 2.45) is 5.10 Å². The van der Waals surface area contributed by atoms with E-state index in [1.54, 1.807) is 0 Å². The summed E-state index contributed by atoms with van der Waals surface area (Å²) in [6, 6.07) is 11.2. The highest BCUT2D eigenvalue weighted by Gasteiger charge is 2.24. The average Bonchev–Trinajstić information content (AvgIpc) is 3.29. The molecular weight excluding hydrogens is 430 g/mol. The number of nitrogens with zero attached hydrogens (tertiary/aromatic N) is 2. The molecule has 11 heteroatoms. The van der Waals surface area contributed by atoms with Gasteiger partial charge < -0.3 is 13.9 Å². The van der Waals surface area contributed by atoms with Crippen molar-refractivity contribution < 1.29 is 28.4 Å². The maximum absolute atomic E-state index is 12.7. The van der Waals surface area contributed by atoms with Crippen LogP contribution in [-0.4, -0.2) is 30.1 Å². The third-order valence-corrected chi connectivity index (χ3v) is 4.15. The first-order valence-corrected chi connectivity index (χ1v) is 8.98. The number of rotatable bonds is 7. The molecule has 10 nitrogen and oxygen atoms in total. The molecular formula is C20H14ClN3O7. The van der Waals surface area contributed by atoms with Gasteiger partial charge in [-0.25, -0.2) is 10.2 Å². The van der Waals surface area contributed by atoms with Crippen LogP contribution in [0.3, 0.4) is 0 Å². The lowest BCUT2D eigenvalue weighted by atomic mass is 10.1. The van der Waals surface area contributed by atoms with Crippen LogP contribution in [0.1, 0.15) is 26.5 Å². The minimum absolute atomic E-state index is 0.0240. The van der Waals surface area contributed by atoms with E-state index in [0.717, 1.165) is 12.3 Å². The highest BCUT2D eigenvalue weighted by molar-refractivity contribution is 6.31. The van der Waals surface area contributed by atoms with E-state index in [1.807, 2.05) is 0 Å². The summed E-state index contributed by atoms with van der Waals surface area (Å²) in [7, 11) is 1.35. The zero-order chi connectivity index (χ0) is 22.4. The number of furan rings is 1. The van der Waals surface area contributed by atoms with Crippen LogP contribution in [0.2, 0.25) is 5.02 Å². The molecule has 1 amide bonds. The van der Waals surface area contributed by atoms with E-state index < -0.39 is 22.5 Å². The predicted molar refractivity (Wildman–Crippen MR) is 110 cm³/mol. The monoisotopic (exact) mass is 443 g/mol. The molecule has 0 aliphatic carbocycles. The molecule has 3 rings (SSSR count). The fourth-order valence-corrected chi connectivity index (χ4v) is 2.68. The second-order valence-corrected chi connectivity index (χ2v) is 6.30. The molecule has 2 aromatic carbocycles. The highest BCUT2D eigenvalue weighted by Crippen LogP contribution is 2.32. The summed E-state index contributed by atoms with van der Waals surface area (Å²) in [5.74, 6) is -1.72. The molecule has 0 aliphatic heterocycles. The third kappa shape index (κ3) is 5.06. The molecule has 158 valence electrons. The molecule has 0 unspecified atom stereocenters. The maximum Gasteiger partial charge on any atom is 0.347 e. The summed E-state index contributed by atoms with van der Waals surface area (Å²) >= 11 is 5.93. The second-order valence-electron chi connectivity index (χ2n) is 5.86. The van der Waals surface area contributed by atoms with E-state index in [2.05, 4.69) is 10.5 Å². The Hall–Kier alpha value is -4.18. The van der Waals surface area contributed by atoms with Gasteiger partial charge in [-0.3, -0.25) is 14.9 Å². The first-order valence-electron chi connectivity index (χ1n) is 8.60. The van der Waals surface area contributed by atoms with Crippen LogP contribution in [0.4, 0.5) is 5.69 Å². The van der Waals surface area contributed by atoms with Crippen LogP contribution in [0, 0.1) is 10.1 Å². The number of para-hydroxylation sites is 1. The van der Waals surface area contributed by atoms with Crippen molar-refractivity contribution in [2.75, 3.05) is 7.11 Å². The normalized spacial score (nSPS) is 10.6. The van der Waals surface area contributed by atoms with Gasteiger partial charge in [0.2, 0.25) is 5.75 Å². The van der Waals surface area contributed by atoms with Crippen molar-refractivity contribution in [3.05, 3.63) is 86.8 Å². The number of nitrogens with one attached hydrogen (secondary N) is 1. The topological polar surface area (TPSA) is 133 Å². The summed E-state index contributed by atoms with van der Waals surface area (Å²) < 4.78 is 15.4. The zero-order valence-corrected chi connectivity index (χ0v) is 16.7. The number of carbonyl (C=O) groups is 2. The molecule has 0 bridgehead atoms. The summed E-state index contributed by atoms with van der Waals surface area (Å²) in [6.07, 6.45) is 2.42. The van der Waals surface area contributed by atoms with Gasteiger partial charge >= 0.3 is 17.6 Å². The van der Waals surface area contributed by atoms with Crippen LogP contribution in [0.5, 0.6) is 11.5 Å². The molecule has 1 aromatic heterocycles. The SMILES string of the molecule is COc1ccc(Cl)cc1C(=O)Oc1c(/C=N/NC(=O)c2ccco2)cccc1[N+](=O)[O-]. The van der Waals surface area contributed by atoms with Crippen molar-refractivity contribution >= 4 is 35.4 Å². The van der Waals surface area contributed by atoms with Crippen LogP contribution in [0.15, 0.2) is 64.3 Å². The van der Waals surface area contributed by atoms with Crippen LogP contribution in [0.25, 0.3) is 0 Å². The van der Waals surface area contributed by atoms with Gasteiger partial charge in [0.1, 0.15) is 11.3 Å². The number of methoxy groups -OCH3 is 1. The number of halogens is 1. The Balaban J connectivity index is 1.91. The van der Waals surface area contributed by atoms with Gasteiger partial charge in [-0.2, -0.15) is 5.10 Å². The molecule has 0 saturated carbocycles. The number of esters is 1. The van der Waals surface area contributed by atoms with Crippen molar-refractivity contribution in [3.8, 4) is 11.5 Å². The molecule has 1 N–H and O–H groups in total. The molecule has 0 aliphatic rings. The molecule has 0 fully saturated rings. The van der Waals surface area contributed by atoms with E-state index >= 15 is 0 Å².